The van der Waals surface area contributed by atoms with Crippen molar-refractivity contribution in [3.63, 3.8) is 0 Å². The third-order valence-electron chi connectivity index (χ3n) is 6.76. The zero-order chi connectivity index (χ0) is 24.9. The number of benzene rings is 1. The van der Waals surface area contributed by atoms with Gasteiger partial charge < -0.3 is 19.7 Å². The van der Waals surface area contributed by atoms with Crippen LogP contribution in [0.25, 0.3) is 0 Å². The predicted molar refractivity (Wildman–Crippen MR) is 138 cm³/mol. The molecule has 0 amide bonds. The Labute approximate surface area is 206 Å². The number of carbonyl (C=O) groups is 1. The van der Waals surface area contributed by atoms with Gasteiger partial charge in [0.25, 0.3) is 0 Å². The number of aliphatic hydroxyl groups excluding tert-OH is 1. The van der Waals surface area contributed by atoms with E-state index >= 15 is 0 Å². The third kappa shape index (κ3) is 9.42. The zero-order valence-electron chi connectivity index (χ0n) is 21.8. The first-order valence-electron chi connectivity index (χ1n) is 13.2. The number of phenolic OH excluding ortho intramolecular Hbond substituents is 1. The van der Waals surface area contributed by atoms with Crippen LogP contribution in [0.2, 0.25) is 0 Å². The van der Waals surface area contributed by atoms with Gasteiger partial charge in [0.2, 0.25) is 0 Å². The van der Waals surface area contributed by atoms with Crippen LogP contribution in [0.5, 0.6) is 11.5 Å². The summed E-state index contributed by atoms with van der Waals surface area (Å²) in [5, 5.41) is 20.7. The second kappa shape index (κ2) is 15.2. The Morgan fingerprint density at radius 2 is 1.88 bits per heavy atom. The van der Waals surface area contributed by atoms with Crippen LogP contribution in [-0.2, 0) is 16.0 Å². The summed E-state index contributed by atoms with van der Waals surface area (Å²) in [6, 6.07) is 3.98. The van der Waals surface area contributed by atoms with Crippen molar-refractivity contribution >= 4 is 5.78 Å². The van der Waals surface area contributed by atoms with Crippen LogP contribution >= 0.6 is 0 Å². The molecular formula is C29H46O5. The van der Waals surface area contributed by atoms with Gasteiger partial charge in [0.15, 0.2) is 17.3 Å². The lowest BCUT2D eigenvalue weighted by atomic mass is 9.86. The van der Waals surface area contributed by atoms with Crippen molar-refractivity contribution in [2.45, 2.75) is 103 Å². The molecule has 1 atom stereocenters. The van der Waals surface area contributed by atoms with E-state index in [4.69, 9.17) is 9.47 Å². The van der Waals surface area contributed by atoms with Crippen molar-refractivity contribution in [2.75, 3.05) is 20.3 Å². The molecule has 1 fully saturated rings. The number of hydrogen-bond donors (Lipinski definition) is 2. The molecule has 0 saturated heterocycles. The average Bonchev–Trinajstić information content (AvgIpc) is 3.32. The van der Waals surface area contributed by atoms with E-state index in [9.17, 15) is 15.0 Å². The largest absolute Gasteiger partial charge is 0.504 e. The van der Waals surface area contributed by atoms with Crippen molar-refractivity contribution in [1.29, 1.82) is 0 Å². The molecule has 1 aliphatic carbocycles. The summed E-state index contributed by atoms with van der Waals surface area (Å²) in [7, 11) is 1.71. The van der Waals surface area contributed by atoms with E-state index < -0.39 is 0 Å². The maximum atomic E-state index is 12.5. The first-order valence-corrected chi connectivity index (χ1v) is 13.2. The summed E-state index contributed by atoms with van der Waals surface area (Å²) in [4.78, 5) is 12.5. The molecule has 0 bridgehead atoms. The second-order valence-electron chi connectivity index (χ2n) is 10.2. The molecule has 0 heterocycles. The molecular weight excluding hydrogens is 428 g/mol. The van der Waals surface area contributed by atoms with Gasteiger partial charge in [0.05, 0.1) is 12.7 Å². The lowest BCUT2D eigenvalue weighted by molar-refractivity contribution is -0.114. The molecule has 5 nitrogen and oxygen atoms in total. The van der Waals surface area contributed by atoms with E-state index in [0.717, 1.165) is 74.5 Å². The van der Waals surface area contributed by atoms with Crippen LogP contribution < -0.4 is 4.74 Å². The number of methoxy groups -OCH3 is 1. The highest BCUT2D eigenvalue weighted by atomic mass is 16.5. The molecule has 1 unspecified atom stereocenters. The highest BCUT2D eigenvalue weighted by Gasteiger charge is 2.23. The van der Waals surface area contributed by atoms with Crippen molar-refractivity contribution in [1.82, 2.24) is 0 Å². The van der Waals surface area contributed by atoms with Crippen LogP contribution in [0.4, 0.5) is 0 Å². The molecule has 1 saturated carbocycles. The van der Waals surface area contributed by atoms with E-state index in [1.54, 1.807) is 13.2 Å². The molecule has 34 heavy (non-hydrogen) atoms. The van der Waals surface area contributed by atoms with Gasteiger partial charge >= 0.3 is 0 Å². The Morgan fingerprint density at radius 1 is 1.15 bits per heavy atom. The Morgan fingerprint density at radius 3 is 2.50 bits per heavy atom. The Hall–Kier alpha value is -1.85. The lowest BCUT2D eigenvalue weighted by Crippen LogP contribution is -2.13. The molecule has 192 valence electrons. The minimum absolute atomic E-state index is 0.0288. The van der Waals surface area contributed by atoms with Gasteiger partial charge in [-0.15, -0.1) is 0 Å². The number of ketones is 1. The van der Waals surface area contributed by atoms with Crippen molar-refractivity contribution < 1.29 is 24.5 Å². The molecule has 5 heteroatoms. The number of hydrogen-bond acceptors (Lipinski definition) is 5. The van der Waals surface area contributed by atoms with Crippen molar-refractivity contribution in [3.05, 3.63) is 34.9 Å². The summed E-state index contributed by atoms with van der Waals surface area (Å²) in [5.41, 5.74) is 2.71. The topological polar surface area (TPSA) is 76.0 Å². The summed E-state index contributed by atoms with van der Waals surface area (Å²) in [6.45, 7) is 7.04. The standard InChI is InChI=1S/C29H46O5/c1-5-8-23(20-30)17-25(31)14-12-22-18-27(24(15-16-33-4)13-11-21(2)3)29(32)28(19-22)34-26-9-6-7-10-26/h17-19,21,24,26,30,32H,5-16,20H2,1-4H3. The summed E-state index contributed by atoms with van der Waals surface area (Å²) >= 11 is 0. The Kier molecular flexibility index (Phi) is 12.7. The van der Waals surface area contributed by atoms with Crippen LogP contribution in [-0.4, -0.2) is 42.4 Å². The molecule has 0 aliphatic heterocycles. The smallest absolute Gasteiger partial charge is 0.161 e. The van der Waals surface area contributed by atoms with Crippen LogP contribution in [0.1, 0.15) is 102 Å². The monoisotopic (exact) mass is 474 g/mol. The van der Waals surface area contributed by atoms with E-state index in [-0.39, 0.29) is 30.2 Å². The van der Waals surface area contributed by atoms with E-state index in [2.05, 4.69) is 19.9 Å². The number of rotatable bonds is 16. The lowest BCUT2D eigenvalue weighted by Gasteiger charge is -2.23. The van der Waals surface area contributed by atoms with Gasteiger partial charge in [-0.25, -0.2) is 0 Å². The molecule has 1 aromatic carbocycles. The number of aryl methyl sites for hydroxylation is 1. The number of allylic oxidation sites excluding steroid dienone is 1. The second-order valence-corrected chi connectivity index (χ2v) is 10.2. The maximum Gasteiger partial charge on any atom is 0.161 e. The van der Waals surface area contributed by atoms with Gasteiger partial charge in [-0.05, 0) is 86.5 Å². The average molecular weight is 475 g/mol. The fourth-order valence-corrected chi connectivity index (χ4v) is 4.76. The van der Waals surface area contributed by atoms with E-state index in [1.165, 1.54) is 0 Å². The number of ether oxygens (including phenoxy) is 2. The van der Waals surface area contributed by atoms with Gasteiger partial charge in [0, 0.05) is 25.7 Å². The Balaban J connectivity index is 2.29. The van der Waals surface area contributed by atoms with Gasteiger partial charge in [-0.2, -0.15) is 0 Å². The fourth-order valence-electron chi connectivity index (χ4n) is 4.76. The van der Waals surface area contributed by atoms with Gasteiger partial charge in [-0.1, -0.05) is 39.7 Å². The number of aromatic hydroxyl groups is 1. The number of aliphatic hydroxyl groups is 1. The molecule has 1 aromatic rings. The SMILES string of the molecule is CCCC(=CC(=O)CCc1cc(OC2CCCC2)c(O)c(C(CCOC)CCC(C)C)c1)CO. The highest BCUT2D eigenvalue weighted by molar-refractivity contribution is 5.90. The van der Waals surface area contributed by atoms with Crippen molar-refractivity contribution in [3.8, 4) is 11.5 Å². The minimum Gasteiger partial charge on any atom is -0.504 e. The predicted octanol–water partition coefficient (Wildman–Crippen LogP) is 6.49. The van der Waals surface area contributed by atoms with Crippen LogP contribution in [0.15, 0.2) is 23.8 Å². The molecule has 1 aliphatic rings. The Bertz CT molecular complexity index is 777. The van der Waals surface area contributed by atoms with E-state index in [1.807, 2.05) is 13.0 Å². The van der Waals surface area contributed by atoms with E-state index in [0.29, 0.717) is 31.1 Å². The van der Waals surface area contributed by atoms with Gasteiger partial charge in [0.1, 0.15) is 0 Å². The van der Waals surface area contributed by atoms with Crippen molar-refractivity contribution in [2.24, 2.45) is 5.92 Å². The normalized spacial score (nSPS) is 15.8. The third-order valence-corrected chi connectivity index (χ3v) is 6.76. The van der Waals surface area contributed by atoms with Crippen LogP contribution in [0, 0.1) is 5.92 Å². The first-order chi connectivity index (χ1) is 16.4. The molecule has 0 spiro atoms. The highest BCUT2D eigenvalue weighted by Crippen LogP contribution is 2.41. The molecule has 2 rings (SSSR count). The summed E-state index contributed by atoms with van der Waals surface area (Å²) in [6.07, 6.45) is 11.6. The van der Waals surface area contributed by atoms with Gasteiger partial charge in [-0.3, -0.25) is 4.79 Å². The molecule has 0 aromatic heterocycles. The number of carbonyl (C=O) groups excluding carboxylic acids is 1. The zero-order valence-corrected chi connectivity index (χ0v) is 21.8. The minimum atomic E-state index is -0.0701. The molecule has 2 N–H and O–H groups in total. The summed E-state index contributed by atoms with van der Waals surface area (Å²) < 4.78 is 11.6. The summed E-state index contributed by atoms with van der Waals surface area (Å²) in [5.74, 6) is 1.59. The quantitative estimate of drug-likeness (QED) is 0.268. The first kappa shape index (κ1) is 28.4. The van der Waals surface area contributed by atoms with Crippen LogP contribution in [0.3, 0.4) is 0 Å². The maximum absolute atomic E-state index is 12.5. The fraction of sp³-hybridized carbons (Fsp3) is 0.690. The number of phenols is 1. The molecule has 0 radical (unpaired) electrons.